The molecule has 1 fully saturated rings. The minimum Gasteiger partial charge on any atom is -0.457 e. The van der Waals surface area contributed by atoms with Crippen LogP contribution >= 0.6 is 0 Å². The molecule has 2 aromatic heterocycles. The molecule has 3 heterocycles. The fourth-order valence-corrected chi connectivity index (χ4v) is 3.93. The largest absolute Gasteiger partial charge is 0.457 e. The van der Waals surface area contributed by atoms with Crippen molar-refractivity contribution in [1.29, 1.82) is 0 Å². The molecule has 0 atom stereocenters. The maximum Gasteiger partial charge on any atom is 0.272 e. The summed E-state index contributed by atoms with van der Waals surface area (Å²) in [7, 11) is 0. The summed E-state index contributed by atoms with van der Waals surface area (Å²) in [6, 6.07) is 20.4. The summed E-state index contributed by atoms with van der Waals surface area (Å²) < 4.78 is 11.3. The van der Waals surface area contributed by atoms with Gasteiger partial charge in [0.05, 0.1) is 24.5 Å². The van der Waals surface area contributed by atoms with Gasteiger partial charge in [-0.25, -0.2) is 4.98 Å². The summed E-state index contributed by atoms with van der Waals surface area (Å²) >= 11 is 0. The number of nitrogen functional groups attached to an aromatic ring is 2. The molecule has 1 aliphatic heterocycles. The van der Waals surface area contributed by atoms with Gasteiger partial charge in [-0.3, -0.25) is 9.78 Å². The number of carbonyl (C=O) groups excluding carboxylic acids is 1. The fraction of sp³-hybridized carbons (Fsp3) is 0.154. The molecule has 4 aromatic rings. The molecule has 0 saturated carbocycles. The van der Waals surface area contributed by atoms with Gasteiger partial charge in [0.1, 0.15) is 23.0 Å². The highest BCUT2D eigenvalue weighted by atomic mass is 16.5. The number of amides is 1. The minimum absolute atomic E-state index is 0.116. The van der Waals surface area contributed by atoms with Gasteiger partial charge in [0.25, 0.3) is 5.91 Å². The lowest BCUT2D eigenvalue weighted by Gasteiger charge is -2.26. The molecule has 9 nitrogen and oxygen atoms in total. The van der Waals surface area contributed by atoms with Crippen LogP contribution in [0.1, 0.15) is 10.5 Å². The van der Waals surface area contributed by atoms with E-state index in [2.05, 4.69) is 15.0 Å². The monoisotopic (exact) mass is 468 g/mol. The first-order chi connectivity index (χ1) is 17.1. The van der Waals surface area contributed by atoms with Gasteiger partial charge in [0, 0.05) is 30.9 Å². The Morgan fingerprint density at radius 1 is 0.886 bits per heavy atom. The van der Waals surface area contributed by atoms with Gasteiger partial charge in [0.15, 0.2) is 0 Å². The first kappa shape index (κ1) is 22.3. The van der Waals surface area contributed by atoms with Crippen molar-refractivity contribution in [2.45, 2.75) is 0 Å². The fourth-order valence-electron chi connectivity index (χ4n) is 3.93. The highest BCUT2D eigenvalue weighted by Crippen LogP contribution is 2.36. The van der Waals surface area contributed by atoms with Gasteiger partial charge < -0.3 is 25.8 Å². The maximum absolute atomic E-state index is 12.7. The molecule has 1 amide bonds. The topological polar surface area (TPSA) is 129 Å². The van der Waals surface area contributed by atoms with E-state index in [-0.39, 0.29) is 11.9 Å². The van der Waals surface area contributed by atoms with Crippen molar-refractivity contribution in [3.63, 3.8) is 0 Å². The third-order valence-electron chi connectivity index (χ3n) is 5.63. The molecule has 1 aliphatic rings. The Morgan fingerprint density at radius 2 is 1.63 bits per heavy atom. The van der Waals surface area contributed by atoms with E-state index < -0.39 is 0 Å². The van der Waals surface area contributed by atoms with E-state index in [1.54, 1.807) is 23.2 Å². The Bertz CT molecular complexity index is 1340. The Morgan fingerprint density at radius 3 is 2.37 bits per heavy atom. The summed E-state index contributed by atoms with van der Waals surface area (Å²) in [6.45, 7) is 2.17. The second kappa shape index (κ2) is 9.78. The van der Waals surface area contributed by atoms with E-state index in [4.69, 9.17) is 20.9 Å². The predicted molar refractivity (Wildman–Crippen MR) is 133 cm³/mol. The van der Waals surface area contributed by atoms with E-state index in [1.165, 1.54) is 0 Å². The molecule has 2 aromatic carbocycles. The molecule has 5 rings (SSSR count). The third kappa shape index (κ3) is 4.90. The number of ether oxygens (including phenoxy) is 2. The standard InChI is InChI=1S/C26H24N6O3/c27-24-22(23(30-26(28)31-24)18-4-2-1-3-5-18)17-6-8-19(9-7-17)35-20-10-11-29-21(16-20)25(33)32-12-14-34-15-13-32/h1-11,16H,12-15H2,(H4,27,28,30,31). The van der Waals surface area contributed by atoms with E-state index in [0.29, 0.717) is 60.6 Å². The van der Waals surface area contributed by atoms with Crippen molar-refractivity contribution < 1.29 is 14.3 Å². The van der Waals surface area contributed by atoms with E-state index in [9.17, 15) is 4.79 Å². The number of rotatable bonds is 5. The van der Waals surface area contributed by atoms with E-state index in [0.717, 1.165) is 11.1 Å². The van der Waals surface area contributed by atoms with Crippen LogP contribution in [0, 0.1) is 0 Å². The number of morpholine rings is 1. The molecule has 0 aliphatic carbocycles. The zero-order chi connectivity index (χ0) is 24.2. The first-order valence-electron chi connectivity index (χ1n) is 11.2. The normalized spacial score (nSPS) is 13.4. The van der Waals surface area contributed by atoms with Crippen LogP contribution in [0.15, 0.2) is 72.9 Å². The van der Waals surface area contributed by atoms with Crippen molar-refractivity contribution in [2.24, 2.45) is 0 Å². The van der Waals surface area contributed by atoms with E-state index >= 15 is 0 Å². The molecular formula is C26H24N6O3. The number of pyridine rings is 1. The molecular weight excluding hydrogens is 444 g/mol. The van der Waals surface area contributed by atoms with Crippen LogP contribution in [-0.4, -0.2) is 52.1 Å². The quantitative estimate of drug-likeness (QED) is 0.454. The summed E-state index contributed by atoms with van der Waals surface area (Å²) in [6.07, 6.45) is 1.57. The van der Waals surface area contributed by atoms with Crippen LogP contribution in [0.4, 0.5) is 11.8 Å². The summed E-state index contributed by atoms with van der Waals surface area (Å²) in [4.78, 5) is 27.3. The highest BCUT2D eigenvalue weighted by Gasteiger charge is 2.20. The molecule has 0 bridgehead atoms. The SMILES string of the molecule is Nc1nc(N)c(-c2ccc(Oc3ccnc(C(=O)N4CCOCC4)c3)cc2)c(-c2ccccc2)n1. The van der Waals surface area contributed by atoms with Crippen LogP contribution < -0.4 is 16.2 Å². The zero-order valence-corrected chi connectivity index (χ0v) is 18.9. The second-order valence-electron chi connectivity index (χ2n) is 7.96. The van der Waals surface area contributed by atoms with Crippen LogP contribution in [0.2, 0.25) is 0 Å². The van der Waals surface area contributed by atoms with Crippen molar-refractivity contribution >= 4 is 17.7 Å². The van der Waals surface area contributed by atoms with Gasteiger partial charge in [-0.05, 0) is 23.8 Å². The Kier molecular flexibility index (Phi) is 6.23. The van der Waals surface area contributed by atoms with Gasteiger partial charge in [-0.15, -0.1) is 0 Å². The van der Waals surface area contributed by atoms with Crippen LogP contribution in [-0.2, 0) is 4.74 Å². The van der Waals surface area contributed by atoms with Gasteiger partial charge in [0.2, 0.25) is 5.95 Å². The van der Waals surface area contributed by atoms with Crippen LogP contribution in [0.3, 0.4) is 0 Å². The number of hydrogen-bond acceptors (Lipinski definition) is 8. The smallest absolute Gasteiger partial charge is 0.272 e. The van der Waals surface area contributed by atoms with Gasteiger partial charge in [-0.2, -0.15) is 4.98 Å². The molecule has 0 radical (unpaired) electrons. The van der Waals surface area contributed by atoms with Crippen molar-refractivity contribution in [2.75, 3.05) is 37.8 Å². The Hall–Kier alpha value is -4.50. The van der Waals surface area contributed by atoms with Gasteiger partial charge >= 0.3 is 0 Å². The molecule has 35 heavy (non-hydrogen) atoms. The highest BCUT2D eigenvalue weighted by molar-refractivity contribution is 5.92. The van der Waals surface area contributed by atoms with Gasteiger partial charge in [-0.1, -0.05) is 42.5 Å². The summed E-state index contributed by atoms with van der Waals surface area (Å²) in [5.41, 5.74) is 15.5. The lowest BCUT2D eigenvalue weighted by Crippen LogP contribution is -2.41. The molecule has 0 spiro atoms. The zero-order valence-electron chi connectivity index (χ0n) is 18.9. The number of nitrogens with zero attached hydrogens (tertiary/aromatic N) is 4. The number of benzene rings is 2. The molecule has 9 heteroatoms. The lowest BCUT2D eigenvalue weighted by atomic mass is 9.99. The third-order valence-corrected chi connectivity index (χ3v) is 5.63. The van der Waals surface area contributed by atoms with E-state index in [1.807, 2.05) is 54.6 Å². The van der Waals surface area contributed by atoms with Crippen molar-refractivity contribution in [3.8, 4) is 33.9 Å². The maximum atomic E-state index is 12.7. The van der Waals surface area contributed by atoms with Crippen molar-refractivity contribution in [3.05, 3.63) is 78.6 Å². The summed E-state index contributed by atoms with van der Waals surface area (Å²) in [5.74, 6) is 1.39. The average Bonchev–Trinajstić information content (AvgIpc) is 2.90. The molecule has 1 saturated heterocycles. The molecule has 4 N–H and O–H groups in total. The predicted octanol–water partition coefficient (Wildman–Crippen LogP) is 3.63. The van der Waals surface area contributed by atoms with Crippen molar-refractivity contribution in [1.82, 2.24) is 19.9 Å². The van der Waals surface area contributed by atoms with Crippen LogP contribution in [0.5, 0.6) is 11.5 Å². The molecule has 176 valence electrons. The summed E-state index contributed by atoms with van der Waals surface area (Å²) in [5, 5.41) is 0. The number of nitrogens with two attached hydrogens (primary N) is 2. The lowest BCUT2D eigenvalue weighted by molar-refractivity contribution is 0.0299. The van der Waals surface area contributed by atoms with Crippen LogP contribution in [0.25, 0.3) is 22.4 Å². The number of hydrogen-bond donors (Lipinski definition) is 2. The Labute approximate surface area is 202 Å². The number of aromatic nitrogens is 3. The second-order valence-corrected chi connectivity index (χ2v) is 7.96. The minimum atomic E-state index is -0.138. The Balaban J connectivity index is 1.39. The number of anilines is 2. The average molecular weight is 469 g/mol. The number of carbonyl (C=O) groups is 1. The molecule has 0 unspecified atom stereocenters. The first-order valence-corrected chi connectivity index (χ1v) is 11.2.